The highest BCUT2D eigenvalue weighted by atomic mass is 127. The zero-order valence-electron chi connectivity index (χ0n) is 19.6. The van der Waals surface area contributed by atoms with Crippen molar-refractivity contribution in [2.24, 2.45) is 0 Å². The third-order valence-electron chi connectivity index (χ3n) is 5.96. The Labute approximate surface area is 219 Å². The van der Waals surface area contributed by atoms with Crippen molar-refractivity contribution in [2.75, 3.05) is 11.4 Å². The van der Waals surface area contributed by atoms with Crippen LogP contribution < -0.4 is 4.90 Å². The quantitative estimate of drug-likeness (QED) is 0.161. The van der Waals surface area contributed by atoms with Crippen LogP contribution in [0, 0.1) is 24.3 Å². The minimum atomic E-state index is -0.400. The molecule has 0 saturated carbocycles. The number of aryl methyl sites for hydroxylation is 2. The molecule has 1 saturated heterocycles. The van der Waals surface area contributed by atoms with Crippen molar-refractivity contribution in [2.45, 2.75) is 34.1 Å². The van der Waals surface area contributed by atoms with E-state index in [-0.39, 0.29) is 16.6 Å². The molecule has 0 atom stereocenters. The van der Waals surface area contributed by atoms with Crippen molar-refractivity contribution in [3.8, 4) is 5.69 Å². The molecule has 5 nitrogen and oxygen atoms in total. The highest BCUT2D eigenvalue weighted by molar-refractivity contribution is 14.1. The Morgan fingerprint density at radius 1 is 0.941 bits per heavy atom. The van der Waals surface area contributed by atoms with Gasteiger partial charge in [0.25, 0.3) is 11.8 Å². The van der Waals surface area contributed by atoms with E-state index in [1.165, 1.54) is 18.9 Å². The molecule has 2 aromatic carbocycles. The number of anilines is 1. The first-order chi connectivity index (χ1) is 16.2. The van der Waals surface area contributed by atoms with E-state index < -0.39 is 5.91 Å². The molecule has 0 radical (unpaired) electrons. The third kappa shape index (κ3) is 4.34. The Bertz CT molecular complexity index is 1330. The Kier molecular flexibility index (Phi) is 7.04. The van der Waals surface area contributed by atoms with Gasteiger partial charge in [0.1, 0.15) is 5.57 Å². The molecule has 0 aliphatic carbocycles. The molecule has 2 heterocycles. The van der Waals surface area contributed by atoms with Gasteiger partial charge in [-0.25, -0.2) is 0 Å². The Morgan fingerprint density at radius 2 is 1.65 bits per heavy atom. The number of carbonyl (C=O) groups excluding carboxylic acids is 2. The first-order valence-corrected chi connectivity index (χ1v) is 12.7. The number of rotatable bonds is 5. The van der Waals surface area contributed by atoms with Crippen LogP contribution in [0.2, 0.25) is 0 Å². The largest absolute Gasteiger partial charge is 0.318 e. The maximum Gasteiger partial charge on any atom is 0.270 e. The lowest BCUT2D eigenvalue weighted by Gasteiger charge is -2.36. The zero-order valence-corrected chi connectivity index (χ0v) is 22.6. The van der Waals surface area contributed by atoms with E-state index in [1.54, 1.807) is 6.08 Å². The van der Waals surface area contributed by atoms with Gasteiger partial charge in [0, 0.05) is 27.2 Å². The molecular weight excluding hydrogens is 557 g/mol. The summed E-state index contributed by atoms with van der Waals surface area (Å²) in [4.78, 5) is 29.9. The van der Waals surface area contributed by atoms with Gasteiger partial charge in [-0.2, -0.15) is 0 Å². The fourth-order valence-corrected chi connectivity index (χ4v) is 4.95. The van der Waals surface area contributed by atoms with Gasteiger partial charge in [-0.1, -0.05) is 25.1 Å². The van der Waals surface area contributed by atoms with Crippen molar-refractivity contribution in [3.05, 3.63) is 86.3 Å². The summed E-state index contributed by atoms with van der Waals surface area (Å²) in [6.07, 6.45) is 2.44. The molecule has 3 aromatic rings. The average Bonchev–Trinajstić information content (AvgIpc) is 3.09. The molecule has 1 aromatic heterocycles. The van der Waals surface area contributed by atoms with Crippen LogP contribution in [-0.4, -0.2) is 32.9 Å². The summed E-state index contributed by atoms with van der Waals surface area (Å²) in [7, 11) is 0. The molecule has 0 spiro atoms. The molecule has 2 amide bonds. The van der Waals surface area contributed by atoms with Crippen molar-refractivity contribution in [1.82, 2.24) is 9.47 Å². The smallest absolute Gasteiger partial charge is 0.270 e. The minimum Gasteiger partial charge on any atom is -0.318 e. The molecule has 4 rings (SSSR count). The summed E-state index contributed by atoms with van der Waals surface area (Å²) in [5.41, 5.74) is 5.85. The summed E-state index contributed by atoms with van der Waals surface area (Å²) < 4.78 is 3.36. The van der Waals surface area contributed by atoms with Crippen molar-refractivity contribution < 1.29 is 9.59 Å². The fourth-order valence-electron chi connectivity index (χ4n) is 4.26. The Balaban J connectivity index is 1.82. The van der Waals surface area contributed by atoms with Gasteiger partial charge in [0.05, 0.1) is 5.69 Å². The maximum atomic E-state index is 13.6. The zero-order chi connectivity index (χ0) is 24.6. The number of thiocarbonyl (C=S) groups is 1. The molecule has 0 unspecified atom stereocenters. The van der Waals surface area contributed by atoms with Crippen molar-refractivity contribution in [3.63, 3.8) is 0 Å². The predicted octanol–water partition coefficient (Wildman–Crippen LogP) is 5.96. The predicted molar refractivity (Wildman–Crippen MR) is 149 cm³/mol. The van der Waals surface area contributed by atoms with Crippen molar-refractivity contribution >= 4 is 63.5 Å². The van der Waals surface area contributed by atoms with Crippen LogP contribution in [0.4, 0.5) is 5.69 Å². The van der Waals surface area contributed by atoms with Gasteiger partial charge in [-0.05, 0) is 116 Å². The number of para-hydroxylation sites is 1. The number of hydrogen-bond acceptors (Lipinski definition) is 3. The van der Waals surface area contributed by atoms with Crippen LogP contribution in [0.5, 0.6) is 0 Å². The lowest BCUT2D eigenvalue weighted by atomic mass is 10.1. The van der Waals surface area contributed by atoms with Crippen LogP contribution in [0.15, 0.2) is 60.2 Å². The number of aromatic nitrogens is 1. The summed E-state index contributed by atoms with van der Waals surface area (Å²) in [6.45, 7) is 8.56. The normalized spacial score (nSPS) is 15.6. The van der Waals surface area contributed by atoms with E-state index in [0.29, 0.717) is 12.2 Å². The molecular formula is C27H26IN3O2S. The van der Waals surface area contributed by atoms with Gasteiger partial charge in [0.15, 0.2) is 5.11 Å². The van der Waals surface area contributed by atoms with E-state index in [0.717, 1.165) is 29.1 Å². The van der Waals surface area contributed by atoms with Crippen molar-refractivity contribution in [1.29, 1.82) is 0 Å². The van der Waals surface area contributed by atoms with Gasteiger partial charge in [0.2, 0.25) is 0 Å². The van der Waals surface area contributed by atoms with Crippen LogP contribution >= 0.6 is 34.8 Å². The third-order valence-corrected chi connectivity index (χ3v) is 7.58. The average molecular weight is 583 g/mol. The second-order valence-electron chi connectivity index (χ2n) is 8.37. The molecule has 0 N–H and O–H groups in total. The standard InChI is InChI=1S/C27H26IN3O2S/c1-5-13-29-25(32)23(26(33)31(27(29)34)21-9-7-6-8-10-21)16-20-15-18(3)30(19(20)4)22-11-12-24(28)17(2)14-22/h6-12,14-16H,5,13H2,1-4H3/b23-16-. The summed E-state index contributed by atoms with van der Waals surface area (Å²) in [6, 6.07) is 17.6. The second kappa shape index (κ2) is 9.84. The van der Waals surface area contributed by atoms with Crippen LogP contribution in [0.1, 0.15) is 35.9 Å². The Hall–Kier alpha value is -2.78. The van der Waals surface area contributed by atoms with E-state index in [9.17, 15) is 9.59 Å². The molecule has 1 aliphatic heterocycles. The number of carbonyl (C=O) groups is 2. The number of halogens is 1. The second-order valence-corrected chi connectivity index (χ2v) is 9.90. The van der Waals surface area contributed by atoms with E-state index in [2.05, 4.69) is 52.3 Å². The van der Waals surface area contributed by atoms with Gasteiger partial charge >= 0.3 is 0 Å². The first-order valence-electron chi connectivity index (χ1n) is 11.2. The monoisotopic (exact) mass is 583 g/mol. The van der Waals surface area contributed by atoms with Crippen LogP contribution in [0.25, 0.3) is 11.8 Å². The minimum absolute atomic E-state index is 0.116. The molecule has 0 bridgehead atoms. The topological polar surface area (TPSA) is 45.6 Å². The highest BCUT2D eigenvalue weighted by Gasteiger charge is 2.40. The number of benzene rings is 2. The fraction of sp³-hybridized carbons (Fsp3) is 0.222. The van der Waals surface area contributed by atoms with E-state index >= 15 is 0 Å². The molecule has 1 fully saturated rings. The van der Waals surface area contributed by atoms with Gasteiger partial charge < -0.3 is 4.57 Å². The Morgan fingerprint density at radius 3 is 2.29 bits per heavy atom. The summed E-state index contributed by atoms with van der Waals surface area (Å²) in [5, 5.41) is 0.222. The number of hydrogen-bond donors (Lipinski definition) is 0. The van der Waals surface area contributed by atoms with Gasteiger partial charge in [-0.3, -0.25) is 19.4 Å². The summed E-state index contributed by atoms with van der Waals surface area (Å²) in [5.74, 6) is -0.748. The first kappa shape index (κ1) is 24.3. The van der Waals surface area contributed by atoms with Crippen LogP contribution in [-0.2, 0) is 9.59 Å². The van der Waals surface area contributed by atoms with E-state index in [1.807, 2.05) is 57.2 Å². The van der Waals surface area contributed by atoms with Gasteiger partial charge in [-0.15, -0.1) is 0 Å². The summed E-state index contributed by atoms with van der Waals surface area (Å²) >= 11 is 7.91. The molecule has 7 heteroatoms. The molecule has 1 aliphatic rings. The van der Waals surface area contributed by atoms with Crippen LogP contribution in [0.3, 0.4) is 0 Å². The maximum absolute atomic E-state index is 13.6. The number of amides is 2. The molecule has 34 heavy (non-hydrogen) atoms. The lowest BCUT2D eigenvalue weighted by molar-refractivity contribution is -0.127. The molecule has 174 valence electrons. The van der Waals surface area contributed by atoms with E-state index in [4.69, 9.17) is 12.2 Å². The lowest BCUT2D eigenvalue weighted by Crippen LogP contribution is -2.56. The number of nitrogens with zero attached hydrogens (tertiary/aromatic N) is 3. The SMILES string of the molecule is CCCN1C(=O)/C(=C/c2cc(C)n(-c3ccc(I)c(C)c3)c2C)C(=O)N(c2ccccc2)C1=S. The highest BCUT2D eigenvalue weighted by Crippen LogP contribution is 2.29.